The van der Waals surface area contributed by atoms with Crippen LogP contribution in [0.1, 0.15) is 24.6 Å². The molecule has 0 aromatic carbocycles. The van der Waals surface area contributed by atoms with Crippen LogP contribution in [-0.2, 0) is 13.2 Å². The molecule has 4 heterocycles. The van der Waals surface area contributed by atoms with Gasteiger partial charge in [-0.3, -0.25) is 9.36 Å². The second-order valence-corrected chi connectivity index (χ2v) is 6.31. The third-order valence-electron chi connectivity index (χ3n) is 4.71. The van der Waals surface area contributed by atoms with Gasteiger partial charge in [-0.05, 0) is 12.8 Å². The van der Waals surface area contributed by atoms with Gasteiger partial charge in [0.05, 0.1) is 29.5 Å². The summed E-state index contributed by atoms with van der Waals surface area (Å²) < 4.78 is 42.4. The third kappa shape index (κ3) is 2.63. The molecule has 0 atom stereocenters. The van der Waals surface area contributed by atoms with E-state index in [1.165, 1.54) is 6.33 Å². The van der Waals surface area contributed by atoms with Crippen molar-refractivity contribution >= 4 is 22.5 Å². The number of hydrogen-bond acceptors (Lipinski definition) is 6. The summed E-state index contributed by atoms with van der Waals surface area (Å²) in [7, 11) is 1.80. The van der Waals surface area contributed by atoms with Gasteiger partial charge in [-0.25, -0.2) is 9.97 Å². The van der Waals surface area contributed by atoms with Crippen LogP contribution in [0.15, 0.2) is 18.7 Å². The summed E-state index contributed by atoms with van der Waals surface area (Å²) in [5.74, 6) is 0.748. The molecule has 1 saturated heterocycles. The Morgan fingerprint density at radius 3 is 2.54 bits per heavy atom. The first kappa shape index (κ1) is 16.6. The van der Waals surface area contributed by atoms with E-state index < -0.39 is 11.9 Å². The molecule has 0 amide bonds. The number of aryl methyl sites for hydroxylation is 1. The Hall–Kier alpha value is -2.85. The summed E-state index contributed by atoms with van der Waals surface area (Å²) in [6, 6.07) is -0.355. The quantitative estimate of drug-likeness (QED) is 0.746. The average Bonchev–Trinajstić information content (AvgIpc) is 3.18. The second kappa shape index (κ2) is 5.85. The average molecular weight is 366 g/mol. The maximum atomic E-state index is 13.2. The van der Waals surface area contributed by atoms with Crippen molar-refractivity contribution in [3.8, 4) is 0 Å². The van der Waals surface area contributed by atoms with Gasteiger partial charge in [-0.15, -0.1) is 0 Å². The molecule has 0 spiro atoms. The van der Waals surface area contributed by atoms with Gasteiger partial charge in [-0.2, -0.15) is 23.4 Å². The number of piperidine rings is 1. The molecule has 0 aliphatic carbocycles. The minimum atomic E-state index is -4.52. The Labute approximate surface area is 146 Å². The van der Waals surface area contributed by atoms with E-state index in [1.807, 2.05) is 4.90 Å². The van der Waals surface area contributed by atoms with Crippen LogP contribution in [-0.4, -0.2) is 42.6 Å². The lowest BCUT2D eigenvalue weighted by atomic mass is 10.0. The molecule has 138 valence electrons. The fourth-order valence-electron chi connectivity index (χ4n) is 3.47. The van der Waals surface area contributed by atoms with E-state index in [2.05, 4.69) is 20.2 Å². The fourth-order valence-corrected chi connectivity index (χ4v) is 3.47. The van der Waals surface area contributed by atoms with Gasteiger partial charge in [-0.1, -0.05) is 0 Å². The maximum Gasteiger partial charge on any atom is 0.435 e. The van der Waals surface area contributed by atoms with E-state index in [-0.39, 0.29) is 11.7 Å². The molecule has 0 unspecified atom stereocenters. The van der Waals surface area contributed by atoms with E-state index >= 15 is 0 Å². The molecule has 11 heteroatoms. The summed E-state index contributed by atoms with van der Waals surface area (Å²) in [5, 5.41) is 8.89. The number of alkyl halides is 3. The lowest BCUT2D eigenvalue weighted by Crippen LogP contribution is -2.36. The smallest absolute Gasteiger partial charge is 0.396 e. The number of halogens is 3. The number of nitrogens with two attached hydrogens (primary N) is 1. The highest BCUT2D eigenvalue weighted by atomic mass is 19.4. The minimum absolute atomic E-state index is 0.340. The Morgan fingerprint density at radius 1 is 1.12 bits per heavy atom. The number of hydrogen-bond donors (Lipinski definition) is 1. The molecule has 4 rings (SSSR count). The molecular weight excluding hydrogens is 349 g/mol. The highest BCUT2D eigenvalue weighted by Gasteiger charge is 2.40. The van der Waals surface area contributed by atoms with E-state index in [1.54, 1.807) is 17.9 Å². The SMILES string of the molecule is Cn1ncc2c(N3CCC(n4ncc(N)c4C(F)(F)F)CC3)ncnc21. The molecule has 2 N–H and O–H groups in total. The molecular formula is C15H17F3N8. The number of anilines is 2. The Bertz CT molecular complexity index is 936. The normalized spacial score (nSPS) is 16.5. The van der Waals surface area contributed by atoms with Gasteiger partial charge in [0, 0.05) is 20.1 Å². The van der Waals surface area contributed by atoms with Crippen LogP contribution >= 0.6 is 0 Å². The Morgan fingerprint density at radius 2 is 1.85 bits per heavy atom. The zero-order valence-electron chi connectivity index (χ0n) is 14.0. The molecule has 3 aromatic rings. The van der Waals surface area contributed by atoms with Crippen molar-refractivity contribution in [3.63, 3.8) is 0 Å². The van der Waals surface area contributed by atoms with Crippen molar-refractivity contribution in [1.82, 2.24) is 29.5 Å². The first-order valence-corrected chi connectivity index (χ1v) is 8.14. The van der Waals surface area contributed by atoms with Gasteiger partial charge in [0.15, 0.2) is 11.3 Å². The number of aromatic nitrogens is 6. The standard InChI is InChI=1S/C15H17F3N8/c1-24-13-10(6-22-24)14(21-8-20-13)25-4-2-9(3-5-25)26-12(15(16,17)18)11(19)7-23-26/h6-9H,2-5,19H2,1H3. The van der Waals surface area contributed by atoms with Crippen molar-refractivity contribution in [2.24, 2.45) is 7.05 Å². The number of nitrogens with zero attached hydrogens (tertiary/aromatic N) is 7. The number of nitrogen functional groups attached to an aromatic ring is 1. The van der Waals surface area contributed by atoms with Crippen molar-refractivity contribution < 1.29 is 13.2 Å². The van der Waals surface area contributed by atoms with Crippen molar-refractivity contribution in [1.29, 1.82) is 0 Å². The van der Waals surface area contributed by atoms with E-state index in [9.17, 15) is 13.2 Å². The highest BCUT2D eigenvalue weighted by molar-refractivity contribution is 5.86. The topological polar surface area (TPSA) is 90.7 Å². The maximum absolute atomic E-state index is 13.2. The largest absolute Gasteiger partial charge is 0.435 e. The van der Waals surface area contributed by atoms with Crippen LogP contribution < -0.4 is 10.6 Å². The zero-order chi connectivity index (χ0) is 18.5. The van der Waals surface area contributed by atoms with Crippen LogP contribution in [0, 0.1) is 0 Å². The second-order valence-electron chi connectivity index (χ2n) is 6.31. The third-order valence-corrected chi connectivity index (χ3v) is 4.71. The molecule has 1 aliphatic rings. The van der Waals surface area contributed by atoms with Crippen molar-refractivity contribution in [3.05, 3.63) is 24.4 Å². The molecule has 0 bridgehead atoms. The zero-order valence-corrected chi connectivity index (χ0v) is 14.0. The van der Waals surface area contributed by atoms with Crippen molar-refractivity contribution in [2.75, 3.05) is 23.7 Å². The van der Waals surface area contributed by atoms with Crippen LogP contribution in [0.3, 0.4) is 0 Å². The van der Waals surface area contributed by atoms with E-state index in [4.69, 9.17) is 5.73 Å². The monoisotopic (exact) mass is 366 g/mol. The fraction of sp³-hybridized carbons (Fsp3) is 0.467. The molecule has 0 saturated carbocycles. The molecule has 1 fully saturated rings. The van der Waals surface area contributed by atoms with Gasteiger partial charge >= 0.3 is 6.18 Å². The summed E-state index contributed by atoms with van der Waals surface area (Å²) in [4.78, 5) is 10.6. The van der Waals surface area contributed by atoms with Gasteiger partial charge in [0.1, 0.15) is 12.1 Å². The molecule has 8 nitrogen and oxygen atoms in total. The van der Waals surface area contributed by atoms with Crippen molar-refractivity contribution in [2.45, 2.75) is 25.1 Å². The summed E-state index contributed by atoms with van der Waals surface area (Å²) in [6.07, 6.45) is 0.741. The lowest BCUT2D eigenvalue weighted by molar-refractivity contribution is -0.144. The van der Waals surface area contributed by atoms with Crippen LogP contribution in [0.5, 0.6) is 0 Å². The summed E-state index contributed by atoms with van der Waals surface area (Å²) in [5.41, 5.74) is 4.99. The van der Waals surface area contributed by atoms with Crippen LogP contribution in [0.2, 0.25) is 0 Å². The first-order chi connectivity index (χ1) is 12.4. The molecule has 26 heavy (non-hydrogen) atoms. The van der Waals surface area contributed by atoms with Gasteiger partial charge in [0.2, 0.25) is 0 Å². The number of rotatable bonds is 2. The lowest BCUT2D eigenvalue weighted by Gasteiger charge is -2.33. The van der Waals surface area contributed by atoms with E-state index in [0.29, 0.717) is 25.9 Å². The van der Waals surface area contributed by atoms with Crippen LogP contribution in [0.25, 0.3) is 11.0 Å². The Kier molecular flexibility index (Phi) is 3.74. The van der Waals surface area contributed by atoms with E-state index in [0.717, 1.165) is 27.7 Å². The number of fused-ring (bicyclic) bond motifs is 1. The van der Waals surface area contributed by atoms with Crippen LogP contribution in [0.4, 0.5) is 24.7 Å². The molecule has 1 aliphatic heterocycles. The highest BCUT2D eigenvalue weighted by Crippen LogP contribution is 2.37. The molecule has 3 aromatic heterocycles. The predicted molar refractivity (Wildman–Crippen MR) is 88.4 cm³/mol. The first-order valence-electron chi connectivity index (χ1n) is 8.14. The Balaban J connectivity index is 1.57. The minimum Gasteiger partial charge on any atom is -0.396 e. The summed E-state index contributed by atoms with van der Waals surface area (Å²) in [6.45, 7) is 1.12. The molecule has 0 radical (unpaired) electrons. The summed E-state index contributed by atoms with van der Waals surface area (Å²) >= 11 is 0. The predicted octanol–water partition coefficient (Wildman–Crippen LogP) is 2.00. The van der Waals surface area contributed by atoms with Gasteiger partial charge in [0.25, 0.3) is 0 Å². The van der Waals surface area contributed by atoms with Gasteiger partial charge < -0.3 is 10.6 Å².